The van der Waals surface area contributed by atoms with Crippen molar-refractivity contribution >= 4 is 34.2 Å². The normalized spacial score (nSPS) is 13.1. The number of nitrogens with zero attached hydrogens (tertiary/aromatic N) is 1. The van der Waals surface area contributed by atoms with E-state index in [9.17, 15) is 14.4 Å². The molecule has 0 unspecified atom stereocenters. The van der Waals surface area contributed by atoms with Crippen molar-refractivity contribution in [3.8, 4) is 5.88 Å². The van der Waals surface area contributed by atoms with E-state index in [2.05, 4.69) is 26.3 Å². The number of carbonyl (C=O) groups is 3. The summed E-state index contributed by atoms with van der Waals surface area (Å²) < 4.78 is 5.48. The van der Waals surface area contributed by atoms with Crippen LogP contribution in [-0.4, -0.2) is 42.9 Å². The highest BCUT2D eigenvalue weighted by Crippen LogP contribution is 2.27. The number of carbonyl (C=O) groups excluding carboxylic acids is 3. The quantitative estimate of drug-likeness (QED) is 0.242. The maximum Gasteiger partial charge on any atom is 0.257 e. The predicted molar refractivity (Wildman–Crippen MR) is 150 cm³/mol. The van der Waals surface area contributed by atoms with E-state index in [1.807, 2.05) is 30.3 Å². The van der Waals surface area contributed by atoms with Crippen LogP contribution in [0.5, 0.6) is 5.88 Å². The first kappa shape index (κ1) is 27.4. The molecule has 1 heterocycles. The Morgan fingerprint density at radius 3 is 2.56 bits per heavy atom. The van der Waals surface area contributed by atoms with Crippen molar-refractivity contribution in [2.45, 2.75) is 32.2 Å². The fourth-order valence-corrected chi connectivity index (χ4v) is 4.33. The highest BCUT2D eigenvalue weighted by Gasteiger charge is 2.20. The molecule has 1 aromatic heterocycles. The van der Waals surface area contributed by atoms with E-state index < -0.39 is 0 Å². The Bertz CT molecular complexity index is 1370. The number of nitrogens with two attached hydrogens (primary N) is 1. The molecular weight excluding hydrogens is 496 g/mol. The average molecular weight is 531 g/mol. The number of hydrogen-bond donors (Lipinski definition) is 5. The van der Waals surface area contributed by atoms with E-state index in [0.717, 1.165) is 29.2 Å². The van der Waals surface area contributed by atoms with Crippen LogP contribution < -0.4 is 31.7 Å². The number of pyridine rings is 1. The summed E-state index contributed by atoms with van der Waals surface area (Å²) in [7, 11) is 1.51. The number of amides is 3. The van der Waals surface area contributed by atoms with Gasteiger partial charge in [-0.2, -0.15) is 0 Å². The van der Waals surface area contributed by atoms with E-state index in [1.165, 1.54) is 19.7 Å². The molecule has 1 saturated carbocycles. The predicted octanol–water partition coefficient (Wildman–Crippen LogP) is 2.59. The van der Waals surface area contributed by atoms with Crippen molar-refractivity contribution in [3.63, 3.8) is 0 Å². The molecule has 39 heavy (non-hydrogen) atoms. The third-order valence-electron chi connectivity index (χ3n) is 6.73. The lowest BCUT2D eigenvalue weighted by Gasteiger charge is -2.25. The van der Waals surface area contributed by atoms with Gasteiger partial charge in [-0.3, -0.25) is 14.4 Å². The molecule has 1 aliphatic rings. The summed E-state index contributed by atoms with van der Waals surface area (Å²) in [5.74, 6) is -0.126. The van der Waals surface area contributed by atoms with Gasteiger partial charge in [0.2, 0.25) is 11.8 Å². The van der Waals surface area contributed by atoms with Gasteiger partial charge in [0.1, 0.15) is 0 Å². The average Bonchev–Trinajstić information content (AvgIpc) is 2.92. The Labute approximate surface area is 227 Å². The van der Waals surface area contributed by atoms with Crippen LogP contribution in [0.25, 0.3) is 10.8 Å². The van der Waals surface area contributed by atoms with Gasteiger partial charge in [0.15, 0.2) is 6.61 Å². The SMILES string of the molecule is CNC(=O)COc1ccc(NC(=O)c2ccc(CN/C=C\N)c3ccccc23)c(CC(=O)NCC2CCC2)n1. The molecular formula is C29H34N6O4. The number of rotatable bonds is 12. The number of ether oxygens (including phenoxy) is 1. The number of aromatic nitrogens is 1. The Balaban J connectivity index is 1.56. The summed E-state index contributed by atoms with van der Waals surface area (Å²) in [6, 6.07) is 14.5. The summed E-state index contributed by atoms with van der Waals surface area (Å²) >= 11 is 0. The van der Waals surface area contributed by atoms with E-state index in [0.29, 0.717) is 36.0 Å². The van der Waals surface area contributed by atoms with Gasteiger partial charge in [0.25, 0.3) is 11.8 Å². The molecule has 10 nitrogen and oxygen atoms in total. The minimum absolute atomic E-state index is 0.0421. The van der Waals surface area contributed by atoms with E-state index >= 15 is 0 Å². The van der Waals surface area contributed by atoms with Gasteiger partial charge in [0.05, 0.1) is 17.8 Å². The molecule has 3 amide bonds. The fraction of sp³-hybridized carbons (Fsp3) is 0.310. The summed E-state index contributed by atoms with van der Waals surface area (Å²) in [5, 5.41) is 13.2. The number of likely N-dealkylation sites (N-methyl/N-ethyl adjacent to an activating group) is 1. The lowest BCUT2D eigenvalue weighted by Crippen LogP contribution is -2.33. The number of fused-ring (bicyclic) bond motifs is 1. The number of nitrogens with one attached hydrogen (secondary N) is 4. The van der Waals surface area contributed by atoms with Crippen molar-refractivity contribution in [3.05, 3.63) is 77.8 Å². The van der Waals surface area contributed by atoms with Gasteiger partial charge in [-0.1, -0.05) is 36.8 Å². The van der Waals surface area contributed by atoms with Crippen LogP contribution in [-0.2, 0) is 22.6 Å². The zero-order valence-corrected chi connectivity index (χ0v) is 22.0. The molecule has 204 valence electrons. The van der Waals surface area contributed by atoms with Crippen LogP contribution in [0, 0.1) is 5.92 Å². The molecule has 10 heteroatoms. The third-order valence-corrected chi connectivity index (χ3v) is 6.73. The summed E-state index contributed by atoms with van der Waals surface area (Å²) in [6.45, 7) is 0.968. The molecule has 0 spiro atoms. The zero-order chi connectivity index (χ0) is 27.6. The van der Waals surface area contributed by atoms with Gasteiger partial charge < -0.3 is 31.7 Å². The number of anilines is 1. The van der Waals surface area contributed by atoms with Crippen LogP contribution >= 0.6 is 0 Å². The van der Waals surface area contributed by atoms with E-state index in [1.54, 1.807) is 24.4 Å². The lowest BCUT2D eigenvalue weighted by atomic mass is 9.85. The smallest absolute Gasteiger partial charge is 0.257 e. The van der Waals surface area contributed by atoms with Gasteiger partial charge in [-0.15, -0.1) is 0 Å². The maximum atomic E-state index is 13.5. The molecule has 6 N–H and O–H groups in total. The monoisotopic (exact) mass is 530 g/mol. The maximum absolute atomic E-state index is 13.5. The molecule has 4 rings (SSSR count). The Morgan fingerprint density at radius 1 is 1.05 bits per heavy atom. The molecule has 2 aromatic carbocycles. The first-order valence-corrected chi connectivity index (χ1v) is 13.0. The van der Waals surface area contributed by atoms with Crippen molar-refractivity contribution in [2.75, 3.05) is 25.5 Å². The molecule has 1 fully saturated rings. The summed E-state index contributed by atoms with van der Waals surface area (Å²) in [6.07, 6.45) is 6.48. The standard InChI is InChI=1S/C29H34N6O4/c1-31-27(37)18-39-28-12-11-24(25(34-28)15-26(36)33-16-19-5-4-6-19)35-29(38)23-10-9-20(17-32-14-13-30)21-7-2-3-8-22(21)23/h2-3,7-14,19,32H,4-6,15-18,30H2,1H3,(H,31,37)(H,33,36)(H,35,38)/b14-13-. The minimum Gasteiger partial charge on any atom is -0.468 e. The summed E-state index contributed by atoms with van der Waals surface area (Å²) in [4.78, 5) is 42.2. The Morgan fingerprint density at radius 2 is 1.85 bits per heavy atom. The first-order valence-electron chi connectivity index (χ1n) is 13.0. The first-order chi connectivity index (χ1) is 19.0. The van der Waals surface area contributed by atoms with Crippen LogP contribution in [0.1, 0.15) is 40.9 Å². The van der Waals surface area contributed by atoms with E-state index in [-0.39, 0.29) is 36.6 Å². The molecule has 0 radical (unpaired) electrons. The number of benzene rings is 2. The largest absolute Gasteiger partial charge is 0.468 e. The molecule has 0 aliphatic heterocycles. The molecule has 1 aliphatic carbocycles. The van der Waals surface area contributed by atoms with Crippen LogP contribution in [0.15, 0.2) is 60.9 Å². The highest BCUT2D eigenvalue weighted by molar-refractivity contribution is 6.13. The molecule has 0 saturated heterocycles. The van der Waals surface area contributed by atoms with E-state index in [4.69, 9.17) is 10.5 Å². The number of hydrogen-bond acceptors (Lipinski definition) is 7. The van der Waals surface area contributed by atoms with Crippen molar-refractivity contribution in [1.82, 2.24) is 20.9 Å². The fourth-order valence-electron chi connectivity index (χ4n) is 4.33. The van der Waals surface area contributed by atoms with Gasteiger partial charge in [-0.25, -0.2) is 4.98 Å². The minimum atomic E-state index is -0.329. The van der Waals surface area contributed by atoms with Crippen molar-refractivity contribution in [1.29, 1.82) is 0 Å². The second kappa shape index (κ2) is 13.3. The zero-order valence-electron chi connectivity index (χ0n) is 22.0. The van der Waals surface area contributed by atoms with Gasteiger partial charge in [-0.05, 0) is 47.2 Å². The highest BCUT2D eigenvalue weighted by atomic mass is 16.5. The molecule has 0 bridgehead atoms. The topological polar surface area (TPSA) is 147 Å². The second-order valence-corrected chi connectivity index (χ2v) is 9.40. The van der Waals surface area contributed by atoms with Crippen molar-refractivity contribution in [2.24, 2.45) is 11.7 Å². The Hall–Kier alpha value is -4.60. The van der Waals surface area contributed by atoms with Crippen LogP contribution in [0.3, 0.4) is 0 Å². The van der Waals surface area contributed by atoms with Crippen molar-refractivity contribution < 1.29 is 19.1 Å². The molecule has 0 atom stereocenters. The van der Waals surface area contributed by atoms with Gasteiger partial charge in [0, 0.05) is 44.2 Å². The third kappa shape index (κ3) is 7.25. The Kier molecular flexibility index (Phi) is 9.34. The van der Waals surface area contributed by atoms with Crippen LogP contribution in [0.2, 0.25) is 0 Å². The molecule has 3 aromatic rings. The lowest BCUT2D eigenvalue weighted by molar-refractivity contribution is -0.123. The van der Waals surface area contributed by atoms with Crippen LogP contribution in [0.4, 0.5) is 5.69 Å². The second-order valence-electron chi connectivity index (χ2n) is 9.40. The summed E-state index contributed by atoms with van der Waals surface area (Å²) in [5.41, 5.74) is 7.67. The van der Waals surface area contributed by atoms with Gasteiger partial charge >= 0.3 is 0 Å².